The van der Waals surface area contributed by atoms with Gasteiger partial charge in [-0.3, -0.25) is 4.79 Å². The Morgan fingerprint density at radius 3 is 2.69 bits per heavy atom. The van der Waals surface area contributed by atoms with Gasteiger partial charge in [-0.25, -0.2) is 0 Å². The van der Waals surface area contributed by atoms with Crippen molar-refractivity contribution in [3.8, 4) is 0 Å². The minimum atomic E-state index is -0.108. The van der Waals surface area contributed by atoms with Crippen LogP contribution in [0.15, 0.2) is 0 Å². The highest BCUT2D eigenvalue weighted by atomic mass is 16.5. The van der Waals surface area contributed by atoms with Crippen molar-refractivity contribution in [3.05, 3.63) is 0 Å². The van der Waals surface area contributed by atoms with Crippen molar-refractivity contribution >= 4 is 5.97 Å². The fourth-order valence-electron chi connectivity index (χ4n) is 1.23. The molecule has 0 saturated heterocycles. The van der Waals surface area contributed by atoms with E-state index in [4.69, 9.17) is 4.74 Å². The molecule has 3 heteroatoms. The Hall–Kier alpha value is -0.570. The van der Waals surface area contributed by atoms with Gasteiger partial charge in [0.15, 0.2) is 0 Å². The maximum atomic E-state index is 11.4. The second kappa shape index (κ2) is 5.22. The molecule has 3 nitrogen and oxygen atoms in total. The number of nitrogens with one attached hydrogen (secondary N) is 1. The summed E-state index contributed by atoms with van der Waals surface area (Å²) in [6, 6.07) is -0.108. The van der Waals surface area contributed by atoms with Crippen molar-refractivity contribution < 1.29 is 9.53 Å². The summed E-state index contributed by atoms with van der Waals surface area (Å²) in [5, 5.41) is 3.10. The zero-order valence-corrected chi connectivity index (χ0v) is 8.51. The molecule has 76 valence electrons. The van der Waals surface area contributed by atoms with Crippen molar-refractivity contribution in [2.45, 2.75) is 39.2 Å². The van der Waals surface area contributed by atoms with Gasteiger partial charge in [0.05, 0.1) is 6.61 Å². The van der Waals surface area contributed by atoms with Crippen molar-refractivity contribution in [1.29, 1.82) is 0 Å². The lowest BCUT2D eigenvalue weighted by atomic mass is 10.2. The number of esters is 1. The molecule has 1 rings (SSSR count). The van der Waals surface area contributed by atoms with Crippen LogP contribution in [-0.2, 0) is 9.53 Å². The van der Waals surface area contributed by atoms with Crippen LogP contribution < -0.4 is 5.32 Å². The predicted molar refractivity (Wildman–Crippen MR) is 51.4 cm³/mol. The highest BCUT2D eigenvalue weighted by Gasteiger charge is 2.24. The van der Waals surface area contributed by atoms with Crippen LogP contribution in [0, 0.1) is 5.92 Å². The second-order valence-corrected chi connectivity index (χ2v) is 3.59. The second-order valence-electron chi connectivity index (χ2n) is 3.59. The summed E-state index contributed by atoms with van der Waals surface area (Å²) in [4.78, 5) is 11.4. The van der Waals surface area contributed by atoms with Crippen molar-refractivity contribution in [3.63, 3.8) is 0 Å². The first-order valence-electron chi connectivity index (χ1n) is 5.18. The minimum absolute atomic E-state index is 0.0868. The van der Waals surface area contributed by atoms with E-state index in [0.29, 0.717) is 12.5 Å². The fraction of sp³-hybridized carbons (Fsp3) is 0.900. The summed E-state index contributed by atoms with van der Waals surface area (Å²) >= 11 is 0. The van der Waals surface area contributed by atoms with Crippen molar-refractivity contribution in [2.75, 3.05) is 13.2 Å². The summed E-state index contributed by atoms with van der Waals surface area (Å²) in [5.74, 6) is 0.569. The molecule has 1 fully saturated rings. The first-order valence-corrected chi connectivity index (χ1v) is 5.18. The van der Waals surface area contributed by atoms with Gasteiger partial charge in [-0.2, -0.15) is 0 Å². The summed E-state index contributed by atoms with van der Waals surface area (Å²) in [5.41, 5.74) is 0. The SMILES string of the molecule is CCNC(CC)C(=O)OCC1CC1. The highest BCUT2D eigenvalue weighted by molar-refractivity contribution is 5.75. The van der Waals surface area contributed by atoms with Crippen LogP contribution >= 0.6 is 0 Å². The number of rotatable bonds is 6. The van der Waals surface area contributed by atoms with E-state index in [9.17, 15) is 4.79 Å². The lowest BCUT2D eigenvalue weighted by Crippen LogP contribution is -2.37. The number of likely N-dealkylation sites (N-methyl/N-ethyl adjacent to an activating group) is 1. The molecule has 0 heterocycles. The summed E-state index contributed by atoms with van der Waals surface area (Å²) in [7, 11) is 0. The molecule has 0 bridgehead atoms. The van der Waals surface area contributed by atoms with E-state index in [0.717, 1.165) is 13.0 Å². The smallest absolute Gasteiger partial charge is 0.323 e. The normalized spacial score (nSPS) is 18.3. The van der Waals surface area contributed by atoms with E-state index in [1.807, 2.05) is 13.8 Å². The number of hydrogen-bond donors (Lipinski definition) is 1. The quantitative estimate of drug-likeness (QED) is 0.634. The van der Waals surface area contributed by atoms with Gasteiger partial charge in [0.25, 0.3) is 0 Å². The topological polar surface area (TPSA) is 38.3 Å². The Balaban J connectivity index is 2.16. The van der Waals surface area contributed by atoms with Crippen molar-refractivity contribution in [2.24, 2.45) is 5.92 Å². The third-order valence-electron chi connectivity index (χ3n) is 2.30. The van der Waals surface area contributed by atoms with E-state index >= 15 is 0 Å². The van der Waals surface area contributed by atoms with Crippen LogP contribution in [0.1, 0.15) is 33.1 Å². The Morgan fingerprint density at radius 2 is 2.23 bits per heavy atom. The number of ether oxygens (including phenoxy) is 1. The number of hydrogen-bond acceptors (Lipinski definition) is 3. The lowest BCUT2D eigenvalue weighted by molar-refractivity contribution is -0.146. The molecule has 0 aromatic rings. The summed E-state index contributed by atoms with van der Waals surface area (Å²) in [6.45, 7) is 5.43. The standard InChI is InChI=1S/C10H19NO2/c1-3-9(11-4-2)10(12)13-7-8-5-6-8/h8-9,11H,3-7H2,1-2H3. The average Bonchev–Trinajstić information content (AvgIpc) is 2.93. The molecule has 0 aliphatic heterocycles. The van der Waals surface area contributed by atoms with E-state index in [1.165, 1.54) is 12.8 Å². The molecule has 1 atom stereocenters. The van der Waals surface area contributed by atoms with Crippen LogP contribution in [-0.4, -0.2) is 25.2 Å². The third-order valence-corrected chi connectivity index (χ3v) is 2.30. The van der Waals surface area contributed by atoms with Crippen LogP contribution in [0.25, 0.3) is 0 Å². The first kappa shape index (κ1) is 10.5. The van der Waals surface area contributed by atoms with E-state index in [2.05, 4.69) is 5.32 Å². The Bertz CT molecular complexity index is 166. The maximum absolute atomic E-state index is 11.4. The minimum Gasteiger partial charge on any atom is -0.464 e. The van der Waals surface area contributed by atoms with E-state index < -0.39 is 0 Å². The molecular weight excluding hydrogens is 166 g/mol. The van der Waals surface area contributed by atoms with Gasteiger partial charge in [0, 0.05) is 0 Å². The van der Waals surface area contributed by atoms with Gasteiger partial charge < -0.3 is 10.1 Å². The molecule has 1 aliphatic carbocycles. The molecule has 0 spiro atoms. The van der Waals surface area contributed by atoms with Gasteiger partial charge in [-0.15, -0.1) is 0 Å². The summed E-state index contributed by atoms with van der Waals surface area (Å²) < 4.78 is 5.17. The molecule has 0 amide bonds. The molecular formula is C10H19NO2. The Morgan fingerprint density at radius 1 is 1.54 bits per heavy atom. The van der Waals surface area contributed by atoms with E-state index in [-0.39, 0.29) is 12.0 Å². The number of carbonyl (C=O) groups is 1. The van der Waals surface area contributed by atoms with E-state index in [1.54, 1.807) is 0 Å². The predicted octanol–water partition coefficient (Wildman–Crippen LogP) is 1.33. The molecule has 1 aliphatic rings. The van der Waals surface area contributed by atoms with Crippen molar-refractivity contribution in [1.82, 2.24) is 5.32 Å². The molecule has 1 saturated carbocycles. The molecule has 0 radical (unpaired) electrons. The maximum Gasteiger partial charge on any atom is 0.323 e. The molecule has 0 aromatic heterocycles. The fourth-order valence-corrected chi connectivity index (χ4v) is 1.23. The van der Waals surface area contributed by atoms with Crippen LogP contribution in [0.4, 0.5) is 0 Å². The zero-order valence-electron chi connectivity index (χ0n) is 8.51. The zero-order chi connectivity index (χ0) is 9.68. The van der Waals surface area contributed by atoms with Gasteiger partial charge in [0.1, 0.15) is 6.04 Å². The first-order chi connectivity index (χ1) is 6.27. The molecule has 1 N–H and O–H groups in total. The van der Waals surface area contributed by atoms with Crippen LogP contribution in [0.5, 0.6) is 0 Å². The lowest BCUT2D eigenvalue weighted by Gasteiger charge is -2.14. The van der Waals surface area contributed by atoms with Gasteiger partial charge in [-0.1, -0.05) is 13.8 Å². The highest BCUT2D eigenvalue weighted by Crippen LogP contribution is 2.28. The van der Waals surface area contributed by atoms with Crippen LogP contribution in [0.3, 0.4) is 0 Å². The molecule has 13 heavy (non-hydrogen) atoms. The Labute approximate surface area is 79.8 Å². The van der Waals surface area contributed by atoms with Gasteiger partial charge >= 0.3 is 5.97 Å². The molecule has 0 aromatic carbocycles. The van der Waals surface area contributed by atoms with Gasteiger partial charge in [-0.05, 0) is 31.7 Å². The van der Waals surface area contributed by atoms with Gasteiger partial charge in [0.2, 0.25) is 0 Å². The molecule has 1 unspecified atom stereocenters. The third kappa shape index (κ3) is 3.77. The monoisotopic (exact) mass is 185 g/mol. The average molecular weight is 185 g/mol. The Kier molecular flexibility index (Phi) is 4.22. The number of carbonyl (C=O) groups excluding carboxylic acids is 1. The summed E-state index contributed by atoms with van der Waals surface area (Å²) in [6.07, 6.45) is 3.26. The largest absolute Gasteiger partial charge is 0.464 e. The van der Waals surface area contributed by atoms with Crippen LogP contribution in [0.2, 0.25) is 0 Å².